The largest absolute Gasteiger partial charge is 0.401 e. The molecule has 0 saturated heterocycles. The van der Waals surface area contributed by atoms with Gasteiger partial charge in [0.25, 0.3) is 0 Å². The van der Waals surface area contributed by atoms with Crippen LogP contribution in [0.2, 0.25) is 0 Å². The van der Waals surface area contributed by atoms with Crippen LogP contribution in [0.4, 0.5) is 13.2 Å². The Bertz CT molecular complexity index is 505. The number of hydrogen-bond donors (Lipinski definition) is 2. The van der Waals surface area contributed by atoms with Crippen molar-refractivity contribution in [1.82, 2.24) is 10.2 Å². The molecule has 0 fully saturated rings. The molecule has 23 heavy (non-hydrogen) atoms. The molecule has 1 unspecified atom stereocenters. The van der Waals surface area contributed by atoms with Crippen molar-refractivity contribution in [2.75, 3.05) is 26.2 Å². The van der Waals surface area contributed by atoms with E-state index in [0.717, 1.165) is 29.5 Å². The number of alkyl halides is 3. The summed E-state index contributed by atoms with van der Waals surface area (Å²) in [7, 11) is 0. The minimum Gasteiger partial charge on any atom is -0.395 e. The lowest BCUT2D eigenvalue weighted by atomic mass is 9.88. The van der Waals surface area contributed by atoms with Crippen LogP contribution in [0.5, 0.6) is 0 Å². The van der Waals surface area contributed by atoms with Crippen LogP contribution < -0.4 is 5.32 Å². The minimum absolute atomic E-state index is 0.0932. The molecule has 1 heterocycles. The smallest absolute Gasteiger partial charge is 0.395 e. The van der Waals surface area contributed by atoms with E-state index < -0.39 is 12.7 Å². The maximum absolute atomic E-state index is 12.8. The zero-order valence-electron chi connectivity index (χ0n) is 13.5. The van der Waals surface area contributed by atoms with Crippen molar-refractivity contribution in [3.05, 3.63) is 34.9 Å². The highest BCUT2D eigenvalue weighted by molar-refractivity contribution is 5.36. The molecule has 0 aliphatic carbocycles. The summed E-state index contributed by atoms with van der Waals surface area (Å²) in [4.78, 5) is 1.56. The van der Waals surface area contributed by atoms with E-state index >= 15 is 0 Å². The van der Waals surface area contributed by atoms with Crippen LogP contribution in [0.1, 0.15) is 42.5 Å². The molecule has 0 spiro atoms. The Hall–Kier alpha value is -1.11. The van der Waals surface area contributed by atoms with E-state index in [1.54, 1.807) is 4.90 Å². The first kappa shape index (κ1) is 18.2. The third-order valence-electron chi connectivity index (χ3n) is 4.24. The third-order valence-corrected chi connectivity index (χ3v) is 4.24. The number of nitrogens with one attached hydrogen (secondary N) is 1. The lowest BCUT2D eigenvalue weighted by molar-refractivity contribution is -0.152. The van der Waals surface area contributed by atoms with Gasteiger partial charge in [0.2, 0.25) is 0 Å². The molecule has 0 aromatic heterocycles. The molecule has 0 amide bonds. The summed E-state index contributed by atoms with van der Waals surface area (Å²) in [6.45, 7) is 2.91. The SMILES string of the molecule is CCCC1c2ccc(CNCCO)cc2CCN1CC(F)(F)F. The van der Waals surface area contributed by atoms with Crippen molar-refractivity contribution in [1.29, 1.82) is 0 Å². The second-order valence-corrected chi connectivity index (χ2v) is 6.07. The van der Waals surface area contributed by atoms with Crippen LogP contribution in [-0.4, -0.2) is 42.4 Å². The topological polar surface area (TPSA) is 35.5 Å². The van der Waals surface area contributed by atoms with Gasteiger partial charge in [-0.25, -0.2) is 0 Å². The quantitative estimate of drug-likeness (QED) is 0.755. The molecular weight excluding hydrogens is 305 g/mol. The molecule has 0 saturated carbocycles. The van der Waals surface area contributed by atoms with Gasteiger partial charge in [0, 0.05) is 25.7 Å². The fourth-order valence-electron chi connectivity index (χ4n) is 3.27. The van der Waals surface area contributed by atoms with E-state index in [0.29, 0.717) is 26.1 Å². The van der Waals surface area contributed by atoms with Crippen molar-refractivity contribution < 1.29 is 18.3 Å². The Morgan fingerprint density at radius 2 is 2.13 bits per heavy atom. The molecule has 6 heteroatoms. The summed E-state index contributed by atoms with van der Waals surface area (Å²) in [5.74, 6) is 0. The van der Waals surface area contributed by atoms with Gasteiger partial charge >= 0.3 is 6.18 Å². The highest BCUT2D eigenvalue weighted by Gasteiger charge is 2.36. The van der Waals surface area contributed by atoms with E-state index in [4.69, 9.17) is 5.11 Å². The average molecular weight is 330 g/mol. The van der Waals surface area contributed by atoms with Crippen molar-refractivity contribution in [3.8, 4) is 0 Å². The Balaban J connectivity index is 2.15. The lowest BCUT2D eigenvalue weighted by Crippen LogP contribution is -2.41. The molecule has 0 radical (unpaired) electrons. The van der Waals surface area contributed by atoms with Crippen LogP contribution >= 0.6 is 0 Å². The maximum Gasteiger partial charge on any atom is 0.401 e. The Morgan fingerprint density at radius 1 is 1.35 bits per heavy atom. The van der Waals surface area contributed by atoms with Crippen LogP contribution in [0.25, 0.3) is 0 Å². The summed E-state index contributed by atoms with van der Waals surface area (Å²) in [6, 6.07) is 5.90. The molecular formula is C17H25F3N2O. The van der Waals surface area contributed by atoms with Gasteiger partial charge in [-0.15, -0.1) is 0 Å². The zero-order valence-corrected chi connectivity index (χ0v) is 13.5. The molecule has 1 atom stereocenters. The Labute approximate surface area is 135 Å². The monoisotopic (exact) mass is 330 g/mol. The van der Waals surface area contributed by atoms with Crippen molar-refractivity contribution in [2.24, 2.45) is 0 Å². The van der Waals surface area contributed by atoms with Gasteiger partial charge in [-0.05, 0) is 29.5 Å². The molecule has 1 aliphatic rings. The first-order valence-electron chi connectivity index (χ1n) is 8.18. The molecule has 1 aromatic rings. The molecule has 0 bridgehead atoms. The van der Waals surface area contributed by atoms with E-state index in [1.807, 2.05) is 19.1 Å². The molecule has 1 aliphatic heterocycles. The van der Waals surface area contributed by atoms with Gasteiger partial charge in [-0.1, -0.05) is 31.5 Å². The van der Waals surface area contributed by atoms with Gasteiger partial charge in [-0.3, -0.25) is 4.90 Å². The van der Waals surface area contributed by atoms with Crippen molar-refractivity contribution in [3.63, 3.8) is 0 Å². The van der Waals surface area contributed by atoms with Gasteiger partial charge in [-0.2, -0.15) is 13.2 Å². The highest BCUT2D eigenvalue weighted by atomic mass is 19.4. The fraction of sp³-hybridized carbons (Fsp3) is 0.647. The molecule has 1 aromatic carbocycles. The maximum atomic E-state index is 12.8. The van der Waals surface area contributed by atoms with E-state index in [1.165, 1.54) is 0 Å². The highest BCUT2D eigenvalue weighted by Crippen LogP contribution is 2.35. The fourth-order valence-corrected chi connectivity index (χ4v) is 3.27. The predicted molar refractivity (Wildman–Crippen MR) is 84.2 cm³/mol. The van der Waals surface area contributed by atoms with Crippen LogP contribution in [0.15, 0.2) is 18.2 Å². The number of aliphatic hydroxyl groups excluding tert-OH is 1. The lowest BCUT2D eigenvalue weighted by Gasteiger charge is -2.38. The van der Waals surface area contributed by atoms with Crippen LogP contribution in [0.3, 0.4) is 0 Å². The first-order valence-corrected chi connectivity index (χ1v) is 8.18. The number of benzene rings is 1. The van der Waals surface area contributed by atoms with Crippen molar-refractivity contribution in [2.45, 2.75) is 44.9 Å². The number of aliphatic hydroxyl groups is 1. The van der Waals surface area contributed by atoms with E-state index in [9.17, 15) is 13.2 Å². The van der Waals surface area contributed by atoms with Crippen LogP contribution in [-0.2, 0) is 13.0 Å². The molecule has 2 rings (SSSR count). The number of halogens is 3. The normalized spacial score (nSPS) is 18.9. The Kier molecular flexibility index (Phi) is 6.44. The van der Waals surface area contributed by atoms with Gasteiger partial charge in [0.05, 0.1) is 13.2 Å². The molecule has 2 N–H and O–H groups in total. The van der Waals surface area contributed by atoms with Gasteiger partial charge in [0.1, 0.15) is 0 Å². The summed E-state index contributed by atoms with van der Waals surface area (Å²) in [5, 5.41) is 11.9. The number of rotatable bonds is 7. The van der Waals surface area contributed by atoms with Crippen LogP contribution in [0, 0.1) is 0 Å². The minimum atomic E-state index is -4.16. The van der Waals surface area contributed by atoms with E-state index in [2.05, 4.69) is 11.4 Å². The summed E-state index contributed by atoms with van der Waals surface area (Å²) < 4.78 is 38.4. The third kappa shape index (κ3) is 5.19. The van der Waals surface area contributed by atoms with Gasteiger partial charge in [0.15, 0.2) is 0 Å². The summed E-state index contributed by atoms with van der Waals surface area (Å²) >= 11 is 0. The number of hydrogen-bond acceptors (Lipinski definition) is 3. The first-order chi connectivity index (χ1) is 10.9. The second-order valence-electron chi connectivity index (χ2n) is 6.07. The standard InChI is InChI=1S/C17H25F3N2O/c1-2-3-16-15-5-4-13(11-21-7-9-23)10-14(15)6-8-22(16)12-17(18,19)20/h4-5,10,16,21,23H,2-3,6-9,11-12H2,1H3. The van der Waals surface area contributed by atoms with Crippen molar-refractivity contribution >= 4 is 0 Å². The Morgan fingerprint density at radius 3 is 2.78 bits per heavy atom. The number of nitrogens with zero attached hydrogens (tertiary/aromatic N) is 1. The summed E-state index contributed by atoms with van der Waals surface area (Å²) in [6.07, 6.45) is -1.90. The molecule has 130 valence electrons. The van der Waals surface area contributed by atoms with Gasteiger partial charge < -0.3 is 10.4 Å². The van der Waals surface area contributed by atoms with E-state index in [-0.39, 0.29) is 12.6 Å². The average Bonchev–Trinajstić information content (AvgIpc) is 2.48. The summed E-state index contributed by atoms with van der Waals surface area (Å²) in [5.41, 5.74) is 3.30. The predicted octanol–water partition coefficient (Wildman–Crippen LogP) is 3.03. The second kappa shape index (κ2) is 8.13. The number of fused-ring (bicyclic) bond motifs is 1. The zero-order chi connectivity index (χ0) is 16.9. The molecule has 3 nitrogen and oxygen atoms in total.